The highest BCUT2D eigenvalue weighted by Crippen LogP contribution is 2.14. The summed E-state index contributed by atoms with van der Waals surface area (Å²) in [7, 11) is 0. The van der Waals surface area contributed by atoms with E-state index in [0.29, 0.717) is 17.8 Å². The van der Waals surface area contributed by atoms with Crippen molar-refractivity contribution in [3.8, 4) is 0 Å². The molecule has 6 heteroatoms. The maximum absolute atomic E-state index is 12.0. The minimum atomic E-state index is -0.158. The average molecular weight is 262 g/mol. The van der Waals surface area contributed by atoms with Gasteiger partial charge in [-0.25, -0.2) is 4.98 Å². The number of nitrogens with two attached hydrogens (primary N) is 1. The molecular weight excluding hydrogens is 248 g/mol. The van der Waals surface area contributed by atoms with Crippen LogP contribution in [0.15, 0.2) is 30.5 Å². The van der Waals surface area contributed by atoms with Crippen LogP contribution in [0.3, 0.4) is 0 Å². The summed E-state index contributed by atoms with van der Waals surface area (Å²) in [6.45, 7) is 2.41. The number of hydrogen-bond donors (Lipinski definition) is 3. The van der Waals surface area contributed by atoms with E-state index in [4.69, 9.17) is 5.84 Å². The first-order valence-electron chi connectivity index (χ1n) is 5.46. The Morgan fingerprint density at radius 1 is 1.44 bits per heavy atom. The smallest absolute Gasteiger partial charge is 0.253 e. The Bertz CT molecular complexity index is 553. The number of benzene rings is 1. The van der Waals surface area contributed by atoms with E-state index in [-0.39, 0.29) is 5.91 Å². The van der Waals surface area contributed by atoms with E-state index in [1.807, 2.05) is 13.0 Å². The van der Waals surface area contributed by atoms with Crippen LogP contribution in [0.4, 0.5) is 5.69 Å². The van der Waals surface area contributed by atoms with Crippen molar-refractivity contribution in [2.24, 2.45) is 5.84 Å². The third-order valence-corrected chi connectivity index (χ3v) is 3.33. The summed E-state index contributed by atoms with van der Waals surface area (Å²) < 4.78 is 0. The number of aryl methyl sites for hydroxylation is 1. The van der Waals surface area contributed by atoms with E-state index < -0.39 is 0 Å². The SMILES string of the molecule is Cc1ncc(CNC(=O)c2ccccc2NN)s1. The second-order valence-electron chi connectivity index (χ2n) is 3.72. The molecule has 0 aliphatic rings. The Labute approximate surface area is 109 Å². The van der Waals surface area contributed by atoms with Crippen molar-refractivity contribution < 1.29 is 4.79 Å². The number of hydrazine groups is 1. The van der Waals surface area contributed by atoms with Crippen LogP contribution in [0.2, 0.25) is 0 Å². The fraction of sp³-hybridized carbons (Fsp3) is 0.167. The molecule has 0 unspecified atom stereocenters. The standard InChI is InChI=1S/C12H14N4OS/c1-8-14-6-9(18-8)7-15-12(17)10-4-2-3-5-11(10)16-13/h2-6,16H,7,13H2,1H3,(H,15,17). The second kappa shape index (κ2) is 5.61. The second-order valence-corrected chi connectivity index (χ2v) is 5.04. The van der Waals surface area contributed by atoms with Crippen LogP contribution in [0.1, 0.15) is 20.2 Å². The highest BCUT2D eigenvalue weighted by atomic mass is 32.1. The summed E-state index contributed by atoms with van der Waals surface area (Å²) in [5, 5.41) is 3.83. The fourth-order valence-electron chi connectivity index (χ4n) is 1.56. The summed E-state index contributed by atoms with van der Waals surface area (Å²) in [4.78, 5) is 17.1. The number of anilines is 1. The quantitative estimate of drug-likeness (QED) is 0.578. The van der Waals surface area contributed by atoms with Crippen molar-refractivity contribution in [3.63, 3.8) is 0 Å². The molecule has 0 atom stereocenters. The molecule has 0 radical (unpaired) electrons. The van der Waals surface area contributed by atoms with Gasteiger partial charge in [0.1, 0.15) is 0 Å². The molecule has 0 saturated heterocycles. The highest BCUT2D eigenvalue weighted by Gasteiger charge is 2.10. The van der Waals surface area contributed by atoms with Gasteiger partial charge in [-0.05, 0) is 19.1 Å². The number of amides is 1. The summed E-state index contributed by atoms with van der Waals surface area (Å²) in [6.07, 6.45) is 1.77. The first-order chi connectivity index (χ1) is 8.70. The van der Waals surface area contributed by atoms with Crippen LogP contribution in [-0.2, 0) is 6.54 Å². The fourth-order valence-corrected chi connectivity index (χ4v) is 2.29. The van der Waals surface area contributed by atoms with Crippen LogP contribution < -0.4 is 16.6 Å². The van der Waals surface area contributed by atoms with Crippen LogP contribution in [0.5, 0.6) is 0 Å². The van der Waals surface area contributed by atoms with Crippen molar-refractivity contribution in [2.75, 3.05) is 5.43 Å². The molecule has 0 bridgehead atoms. The summed E-state index contributed by atoms with van der Waals surface area (Å²) in [5.74, 6) is 5.20. The van der Waals surface area contributed by atoms with Crippen molar-refractivity contribution in [3.05, 3.63) is 45.9 Å². The molecule has 2 aromatic rings. The molecule has 1 heterocycles. The monoisotopic (exact) mass is 262 g/mol. The number of para-hydroxylation sites is 1. The topological polar surface area (TPSA) is 80.0 Å². The average Bonchev–Trinajstić information content (AvgIpc) is 2.81. The summed E-state index contributed by atoms with van der Waals surface area (Å²) in [5.41, 5.74) is 3.64. The van der Waals surface area contributed by atoms with Gasteiger partial charge in [0.15, 0.2) is 0 Å². The Hall–Kier alpha value is -1.92. The Morgan fingerprint density at radius 3 is 2.89 bits per heavy atom. The van der Waals surface area contributed by atoms with Gasteiger partial charge in [-0.2, -0.15) is 0 Å². The maximum atomic E-state index is 12.0. The lowest BCUT2D eigenvalue weighted by molar-refractivity contribution is 0.0952. The van der Waals surface area contributed by atoms with Crippen molar-refractivity contribution in [1.29, 1.82) is 0 Å². The molecule has 1 aromatic carbocycles. The van der Waals surface area contributed by atoms with Crippen LogP contribution in [0.25, 0.3) is 0 Å². The molecule has 4 N–H and O–H groups in total. The molecule has 0 fully saturated rings. The van der Waals surface area contributed by atoms with Crippen LogP contribution in [0, 0.1) is 6.92 Å². The summed E-state index contributed by atoms with van der Waals surface area (Å²) in [6, 6.07) is 7.10. The van der Waals surface area contributed by atoms with E-state index in [9.17, 15) is 4.79 Å². The van der Waals surface area contributed by atoms with Crippen LogP contribution in [-0.4, -0.2) is 10.9 Å². The normalized spacial score (nSPS) is 10.1. The Kier molecular flexibility index (Phi) is 3.91. The first-order valence-corrected chi connectivity index (χ1v) is 6.27. The van der Waals surface area contributed by atoms with E-state index in [0.717, 1.165) is 9.88 Å². The van der Waals surface area contributed by atoms with Crippen LogP contribution >= 0.6 is 11.3 Å². The molecule has 2 rings (SSSR count). The number of nitrogens with zero attached hydrogens (tertiary/aromatic N) is 1. The lowest BCUT2D eigenvalue weighted by atomic mass is 10.1. The zero-order valence-electron chi connectivity index (χ0n) is 9.93. The van der Waals surface area contributed by atoms with Gasteiger partial charge < -0.3 is 10.7 Å². The van der Waals surface area contributed by atoms with Gasteiger partial charge in [0, 0.05) is 11.1 Å². The van der Waals surface area contributed by atoms with Gasteiger partial charge in [-0.1, -0.05) is 12.1 Å². The molecule has 1 aromatic heterocycles. The highest BCUT2D eigenvalue weighted by molar-refractivity contribution is 7.11. The third kappa shape index (κ3) is 2.85. The third-order valence-electron chi connectivity index (χ3n) is 2.42. The van der Waals surface area contributed by atoms with E-state index in [1.165, 1.54) is 0 Å². The molecule has 18 heavy (non-hydrogen) atoms. The molecule has 0 aliphatic heterocycles. The number of nitrogens with one attached hydrogen (secondary N) is 2. The van der Waals surface area contributed by atoms with Gasteiger partial charge in [0.2, 0.25) is 0 Å². The Morgan fingerprint density at radius 2 is 2.22 bits per heavy atom. The number of hydrogen-bond acceptors (Lipinski definition) is 5. The van der Waals surface area contributed by atoms with Crippen molar-refractivity contribution >= 4 is 22.9 Å². The number of rotatable bonds is 4. The van der Waals surface area contributed by atoms with E-state index in [2.05, 4.69) is 15.7 Å². The summed E-state index contributed by atoms with van der Waals surface area (Å²) >= 11 is 1.57. The minimum absolute atomic E-state index is 0.158. The predicted octanol–water partition coefficient (Wildman–Crippen LogP) is 1.67. The number of carbonyl (C=O) groups excluding carboxylic acids is 1. The Balaban J connectivity index is 2.03. The molecular formula is C12H14N4OS. The largest absolute Gasteiger partial charge is 0.347 e. The lowest BCUT2D eigenvalue weighted by Gasteiger charge is -2.08. The van der Waals surface area contributed by atoms with Gasteiger partial charge in [-0.3, -0.25) is 10.6 Å². The molecule has 1 amide bonds. The van der Waals surface area contributed by atoms with Gasteiger partial charge >= 0.3 is 0 Å². The zero-order valence-corrected chi connectivity index (χ0v) is 10.8. The molecule has 0 saturated carbocycles. The number of thiazole rings is 1. The minimum Gasteiger partial charge on any atom is -0.347 e. The van der Waals surface area contributed by atoms with E-state index >= 15 is 0 Å². The predicted molar refractivity (Wildman–Crippen MR) is 72.3 cm³/mol. The maximum Gasteiger partial charge on any atom is 0.253 e. The van der Waals surface area contributed by atoms with Crippen molar-refractivity contribution in [2.45, 2.75) is 13.5 Å². The van der Waals surface area contributed by atoms with Crippen molar-refractivity contribution in [1.82, 2.24) is 10.3 Å². The number of nitrogen functional groups attached to an aromatic ring is 1. The molecule has 5 nitrogen and oxygen atoms in total. The first kappa shape index (κ1) is 12.5. The molecule has 0 aliphatic carbocycles. The van der Waals surface area contributed by atoms with Gasteiger partial charge in [0.25, 0.3) is 5.91 Å². The molecule has 94 valence electrons. The number of aromatic nitrogens is 1. The van der Waals surface area contributed by atoms with Gasteiger partial charge in [0.05, 0.1) is 22.8 Å². The van der Waals surface area contributed by atoms with E-state index in [1.54, 1.807) is 35.7 Å². The number of carbonyl (C=O) groups is 1. The molecule has 0 spiro atoms. The lowest BCUT2D eigenvalue weighted by Crippen LogP contribution is -2.24. The van der Waals surface area contributed by atoms with Gasteiger partial charge in [-0.15, -0.1) is 11.3 Å². The zero-order chi connectivity index (χ0) is 13.0.